The summed E-state index contributed by atoms with van der Waals surface area (Å²) in [5.41, 5.74) is 13.5. The average Bonchev–Trinajstić information content (AvgIpc) is 3.53. The maximum Gasteiger partial charge on any atom is 0.0541 e. The Balaban J connectivity index is 1.18. The van der Waals surface area contributed by atoms with Gasteiger partial charge in [-0.25, -0.2) is 0 Å². The minimum absolute atomic E-state index is 1.17. The molecule has 2 heterocycles. The average molecular weight is 686 g/mol. The van der Waals surface area contributed by atoms with Crippen LogP contribution in [0.1, 0.15) is 0 Å². The smallest absolute Gasteiger partial charge is 0.0541 e. The van der Waals surface area contributed by atoms with Crippen LogP contribution in [0.25, 0.3) is 72.0 Å². The highest BCUT2D eigenvalue weighted by molar-refractivity contribution is 8.00. The Morgan fingerprint density at radius 3 is 1.45 bits per heavy atom. The monoisotopic (exact) mass is 685 g/mol. The van der Waals surface area contributed by atoms with Gasteiger partial charge in [-0.2, -0.15) is 0 Å². The van der Waals surface area contributed by atoms with Crippen LogP contribution in [-0.4, -0.2) is 4.57 Å². The maximum absolute atomic E-state index is 2.41. The molecule has 0 aliphatic carbocycles. The fourth-order valence-corrected chi connectivity index (χ4v) is 9.74. The summed E-state index contributed by atoms with van der Waals surface area (Å²) in [6.07, 6.45) is 0. The number of rotatable bonds is 3. The van der Waals surface area contributed by atoms with Gasteiger partial charge in [-0.05, 0) is 99.1 Å². The second-order valence-corrected chi connectivity index (χ2v) is 15.1. The van der Waals surface area contributed by atoms with E-state index in [-0.39, 0.29) is 0 Å². The Bertz CT molecular complexity index is 2740. The van der Waals surface area contributed by atoms with Gasteiger partial charge in [0.2, 0.25) is 0 Å². The molecule has 0 N–H and O–H groups in total. The summed E-state index contributed by atoms with van der Waals surface area (Å²) in [6, 6.07) is 68.8. The van der Waals surface area contributed by atoms with Crippen molar-refractivity contribution in [1.82, 2.24) is 4.57 Å². The molecule has 0 unspecified atom stereocenters. The topological polar surface area (TPSA) is 4.93 Å². The van der Waals surface area contributed by atoms with Gasteiger partial charge in [0.05, 0.1) is 11.0 Å². The quantitative estimate of drug-likeness (QED) is 0.182. The lowest BCUT2D eigenvalue weighted by Gasteiger charge is -2.21. The van der Waals surface area contributed by atoms with Crippen molar-refractivity contribution < 1.29 is 0 Å². The van der Waals surface area contributed by atoms with E-state index < -0.39 is 0 Å². The summed E-state index contributed by atoms with van der Waals surface area (Å²) in [4.78, 5) is 5.03. The maximum atomic E-state index is 2.41. The van der Waals surface area contributed by atoms with Gasteiger partial charge < -0.3 is 4.57 Å². The van der Waals surface area contributed by atoms with Crippen LogP contribution in [0.3, 0.4) is 0 Å². The Morgan fingerprint density at radius 2 is 0.765 bits per heavy atom. The minimum Gasteiger partial charge on any atom is -0.309 e. The molecule has 3 heteroatoms. The third kappa shape index (κ3) is 5.29. The second-order valence-electron chi connectivity index (χ2n) is 12.9. The van der Waals surface area contributed by atoms with E-state index in [4.69, 9.17) is 0 Å². The number of aromatic nitrogens is 1. The van der Waals surface area contributed by atoms with Gasteiger partial charge in [0.15, 0.2) is 0 Å². The Morgan fingerprint density at radius 1 is 0.294 bits per heavy atom. The van der Waals surface area contributed by atoms with Crippen LogP contribution in [0.5, 0.6) is 0 Å². The number of para-hydroxylation sites is 2. The van der Waals surface area contributed by atoms with Crippen LogP contribution >= 0.6 is 23.5 Å². The summed E-state index contributed by atoms with van der Waals surface area (Å²) in [6.45, 7) is 0. The molecule has 240 valence electrons. The summed E-state index contributed by atoms with van der Waals surface area (Å²) in [7, 11) is 0. The third-order valence-electron chi connectivity index (χ3n) is 9.88. The fourth-order valence-electron chi connectivity index (χ4n) is 7.45. The van der Waals surface area contributed by atoms with Gasteiger partial charge in [-0.1, -0.05) is 157 Å². The standard InChI is InChI=1S/C48H31NS2/c1-3-13-32(14-4-1)34-23-26-40-38-18-8-11-21-45(38)50-46-22-12-9-19-39(46)41-27-24-35(31-48(41)51-47(40)30-34)33-25-28-44-42(29-33)37-17-7-10-20-43(37)49(44)36-15-5-2-6-16-36/h1-31H. The highest BCUT2D eigenvalue weighted by Crippen LogP contribution is 2.50. The van der Waals surface area contributed by atoms with Gasteiger partial charge in [-0.15, -0.1) is 0 Å². The molecule has 0 atom stereocenters. The summed E-state index contributed by atoms with van der Waals surface area (Å²) in [5, 5.41) is 2.52. The van der Waals surface area contributed by atoms with Crippen molar-refractivity contribution in [3.8, 4) is 50.2 Å². The molecule has 1 aliphatic heterocycles. The molecule has 0 bridgehead atoms. The lowest BCUT2D eigenvalue weighted by Crippen LogP contribution is -1.94. The molecule has 8 aromatic carbocycles. The zero-order valence-corrected chi connectivity index (χ0v) is 29.3. The molecule has 10 rings (SSSR count). The van der Waals surface area contributed by atoms with Crippen LogP contribution in [0.2, 0.25) is 0 Å². The summed E-state index contributed by atoms with van der Waals surface area (Å²) >= 11 is 3.74. The molecule has 0 spiro atoms. The number of fused-ring (bicyclic) bond motifs is 9. The predicted molar refractivity (Wildman–Crippen MR) is 217 cm³/mol. The largest absolute Gasteiger partial charge is 0.309 e. The first-order chi connectivity index (χ1) is 25.3. The first kappa shape index (κ1) is 30.1. The van der Waals surface area contributed by atoms with E-state index in [0.717, 1.165) is 0 Å². The van der Waals surface area contributed by atoms with Crippen molar-refractivity contribution in [2.45, 2.75) is 19.6 Å². The van der Waals surface area contributed by atoms with Gasteiger partial charge in [0.25, 0.3) is 0 Å². The normalized spacial score (nSPS) is 12.2. The Kier molecular flexibility index (Phi) is 7.41. The van der Waals surface area contributed by atoms with Gasteiger partial charge >= 0.3 is 0 Å². The predicted octanol–water partition coefficient (Wildman–Crippen LogP) is 14.1. The van der Waals surface area contributed by atoms with Crippen molar-refractivity contribution in [2.24, 2.45) is 0 Å². The molecule has 0 radical (unpaired) electrons. The molecule has 51 heavy (non-hydrogen) atoms. The number of hydrogen-bond donors (Lipinski definition) is 0. The number of hydrogen-bond acceptors (Lipinski definition) is 2. The molecule has 9 aromatic rings. The van der Waals surface area contributed by atoms with Gasteiger partial charge in [0.1, 0.15) is 0 Å². The van der Waals surface area contributed by atoms with Crippen molar-refractivity contribution in [3.63, 3.8) is 0 Å². The van der Waals surface area contributed by atoms with Gasteiger partial charge in [-0.3, -0.25) is 0 Å². The van der Waals surface area contributed by atoms with E-state index in [2.05, 4.69) is 193 Å². The van der Waals surface area contributed by atoms with Crippen molar-refractivity contribution in [3.05, 3.63) is 188 Å². The van der Waals surface area contributed by atoms with Crippen LogP contribution in [0.15, 0.2) is 208 Å². The zero-order valence-electron chi connectivity index (χ0n) is 27.7. The molecule has 0 saturated heterocycles. The molecule has 0 saturated carbocycles. The minimum atomic E-state index is 1.17. The van der Waals surface area contributed by atoms with E-state index in [1.165, 1.54) is 91.6 Å². The molecule has 0 amide bonds. The highest BCUT2D eigenvalue weighted by atomic mass is 32.2. The van der Waals surface area contributed by atoms with Crippen LogP contribution in [-0.2, 0) is 0 Å². The highest BCUT2D eigenvalue weighted by Gasteiger charge is 2.21. The third-order valence-corrected chi connectivity index (χ3v) is 12.2. The summed E-state index contributed by atoms with van der Waals surface area (Å²) in [5.74, 6) is 0. The fraction of sp³-hybridized carbons (Fsp3) is 0. The van der Waals surface area contributed by atoms with Crippen LogP contribution < -0.4 is 0 Å². The van der Waals surface area contributed by atoms with E-state index >= 15 is 0 Å². The molecule has 1 aliphatic rings. The van der Waals surface area contributed by atoms with Crippen LogP contribution in [0.4, 0.5) is 0 Å². The lowest BCUT2D eigenvalue weighted by molar-refractivity contribution is 1.18. The van der Waals surface area contributed by atoms with Crippen molar-refractivity contribution in [2.75, 3.05) is 0 Å². The molecular formula is C48H31NS2. The molecule has 1 nitrogen and oxygen atoms in total. The SMILES string of the molecule is c1ccc(-c2ccc3c(c2)Sc2cc(-c4ccc5c(c4)c4ccccc4n5-c4ccccc4)ccc2-c2ccccc2Sc2ccccc2-3)cc1. The molecule has 0 fully saturated rings. The van der Waals surface area contributed by atoms with Gasteiger partial charge in [0, 0.05) is 36.0 Å². The lowest BCUT2D eigenvalue weighted by atomic mass is 9.98. The first-order valence-electron chi connectivity index (χ1n) is 17.3. The number of nitrogens with zero attached hydrogens (tertiary/aromatic N) is 1. The zero-order chi connectivity index (χ0) is 33.7. The second kappa shape index (κ2) is 12.5. The molecular weight excluding hydrogens is 655 g/mol. The first-order valence-corrected chi connectivity index (χ1v) is 18.9. The van der Waals surface area contributed by atoms with Crippen LogP contribution in [0, 0.1) is 0 Å². The van der Waals surface area contributed by atoms with E-state index in [0.29, 0.717) is 0 Å². The summed E-state index contributed by atoms with van der Waals surface area (Å²) < 4.78 is 2.38. The van der Waals surface area contributed by atoms with Crippen molar-refractivity contribution in [1.29, 1.82) is 0 Å². The van der Waals surface area contributed by atoms with E-state index in [1.54, 1.807) is 0 Å². The van der Waals surface area contributed by atoms with E-state index in [9.17, 15) is 0 Å². The number of benzene rings is 8. The van der Waals surface area contributed by atoms with Crippen molar-refractivity contribution >= 4 is 45.3 Å². The Hall–Kier alpha value is -5.74. The molecule has 1 aromatic heterocycles. The Labute approximate surface area is 306 Å². The van der Waals surface area contributed by atoms with E-state index in [1.807, 2.05) is 23.5 Å².